The molecule has 0 aromatic heterocycles. The molecule has 25 heavy (non-hydrogen) atoms. The van der Waals surface area contributed by atoms with Crippen LogP contribution < -0.4 is 5.01 Å². The van der Waals surface area contributed by atoms with E-state index in [2.05, 4.69) is 69.5 Å². The van der Waals surface area contributed by atoms with Crippen molar-refractivity contribution in [1.82, 2.24) is 0 Å². The Balaban J connectivity index is 1.73. The first-order chi connectivity index (χ1) is 12.2. The van der Waals surface area contributed by atoms with Gasteiger partial charge in [0.05, 0.1) is 17.4 Å². The van der Waals surface area contributed by atoms with Crippen molar-refractivity contribution in [3.8, 4) is 0 Å². The third kappa shape index (κ3) is 3.48. The zero-order chi connectivity index (χ0) is 17.2. The van der Waals surface area contributed by atoms with Gasteiger partial charge in [-0.2, -0.15) is 5.10 Å². The second-order valence-electron chi connectivity index (χ2n) is 6.01. The number of hydrogen-bond donors (Lipinski definition) is 0. The molecule has 0 N–H and O–H groups in total. The second kappa shape index (κ2) is 7.03. The van der Waals surface area contributed by atoms with Crippen molar-refractivity contribution in [2.45, 2.75) is 12.5 Å². The molecule has 2 nitrogen and oxygen atoms in total. The van der Waals surface area contributed by atoms with Crippen LogP contribution in [0.4, 0.5) is 5.69 Å². The molecule has 124 valence electrons. The molecule has 3 aromatic carbocycles. The summed E-state index contributed by atoms with van der Waals surface area (Å²) in [4.78, 5) is 0. The lowest BCUT2D eigenvalue weighted by molar-refractivity contribution is 0.709. The molecular weight excluding hydrogens is 396 g/mol. The maximum Gasteiger partial charge on any atom is 0.0831 e. The second-order valence-corrected chi connectivity index (χ2v) is 7.36. The normalized spacial score (nSPS) is 16.8. The summed E-state index contributed by atoms with van der Waals surface area (Å²) in [6.07, 6.45) is 0.859. The molecule has 0 radical (unpaired) electrons. The van der Waals surface area contributed by atoms with Crippen molar-refractivity contribution < 1.29 is 0 Å². The Bertz CT molecular complexity index is 889. The summed E-state index contributed by atoms with van der Waals surface area (Å²) in [6, 6.07) is 26.8. The smallest absolute Gasteiger partial charge is 0.0831 e. The summed E-state index contributed by atoms with van der Waals surface area (Å²) in [5, 5.41) is 7.80. The number of para-hydroxylation sites is 1. The van der Waals surface area contributed by atoms with E-state index in [1.807, 2.05) is 30.3 Å². The Morgan fingerprint density at radius 3 is 2.24 bits per heavy atom. The first-order valence-corrected chi connectivity index (χ1v) is 9.31. The topological polar surface area (TPSA) is 15.6 Å². The van der Waals surface area contributed by atoms with E-state index in [1.54, 1.807) is 0 Å². The lowest BCUT2D eigenvalue weighted by Crippen LogP contribution is -2.18. The fraction of sp³-hybridized carbons (Fsp3) is 0.0952. The summed E-state index contributed by atoms with van der Waals surface area (Å²) in [5.41, 5.74) is 4.55. The standard InChI is InChI=1S/C21H16BrClN2/c22-17-10-6-15(7-11-17)20-14-21(16-8-12-18(23)13-9-16)25(24-20)19-4-2-1-3-5-19/h1-13,21H,14H2/t21-/m1/s1. The number of hydrogen-bond acceptors (Lipinski definition) is 2. The van der Waals surface area contributed by atoms with Crippen LogP contribution in [0.15, 0.2) is 88.4 Å². The van der Waals surface area contributed by atoms with Gasteiger partial charge in [0.2, 0.25) is 0 Å². The molecular formula is C21H16BrClN2. The molecule has 4 heteroatoms. The van der Waals surface area contributed by atoms with Crippen molar-refractivity contribution >= 4 is 38.9 Å². The number of halogens is 2. The van der Waals surface area contributed by atoms with Crippen molar-refractivity contribution in [3.05, 3.63) is 99.5 Å². The largest absolute Gasteiger partial charge is 0.257 e. The third-order valence-electron chi connectivity index (χ3n) is 4.36. The molecule has 0 amide bonds. The van der Waals surface area contributed by atoms with Gasteiger partial charge in [-0.05, 0) is 47.5 Å². The highest BCUT2D eigenvalue weighted by Gasteiger charge is 2.29. The number of nitrogens with zero attached hydrogens (tertiary/aromatic N) is 2. The summed E-state index contributed by atoms with van der Waals surface area (Å²) >= 11 is 9.56. The van der Waals surface area contributed by atoms with Gasteiger partial charge < -0.3 is 0 Å². The minimum absolute atomic E-state index is 0.165. The van der Waals surface area contributed by atoms with E-state index in [9.17, 15) is 0 Å². The highest BCUT2D eigenvalue weighted by molar-refractivity contribution is 9.10. The van der Waals surface area contributed by atoms with Crippen molar-refractivity contribution in [3.63, 3.8) is 0 Å². The van der Waals surface area contributed by atoms with Gasteiger partial charge in [-0.3, -0.25) is 5.01 Å². The predicted octanol–water partition coefficient (Wildman–Crippen LogP) is 6.46. The van der Waals surface area contributed by atoms with Gasteiger partial charge in [0.1, 0.15) is 0 Å². The van der Waals surface area contributed by atoms with E-state index in [-0.39, 0.29) is 6.04 Å². The Hall–Kier alpha value is -2.10. The van der Waals surface area contributed by atoms with E-state index in [0.717, 1.165) is 32.9 Å². The molecule has 0 saturated carbocycles. The molecule has 1 aliphatic rings. The Kier molecular flexibility index (Phi) is 4.60. The van der Waals surface area contributed by atoms with E-state index in [0.29, 0.717) is 0 Å². The lowest BCUT2D eigenvalue weighted by atomic mass is 9.98. The van der Waals surface area contributed by atoms with Gasteiger partial charge in [0.15, 0.2) is 0 Å². The Labute approximate surface area is 160 Å². The summed E-state index contributed by atoms with van der Waals surface area (Å²) in [5.74, 6) is 0. The molecule has 0 aliphatic carbocycles. The van der Waals surface area contributed by atoms with E-state index < -0.39 is 0 Å². The van der Waals surface area contributed by atoms with Crippen LogP contribution in [0, 0.1) is 0 Å². The highest BCUT2D eigenvalue weighted by atomic mass is 79.9. The highest BCUT2D eigenvalue weighted by Crippen LogP contribution is 2.37. The van der Waals surface area contributed by atoms with Crippen LogP contribution in [0.2, 0.25) is 5.02 Å². The van der Waals surface area contributed by atoms with E-state index in [1.165, 1.54) is 5.56 Å². The number of hydrazone groups is 1. The Morgan fingerprint density at radius 1 is 0.880 bits per heavy atom. The minimum Gasteiger partial charge on any atom is -0.257 e. The fourth-order valence-corrected chi connectivity index (χ4v) is 3.48. The zero-order valence-electron chi connectivity index (χ0n) is 13.4. The van der Waals surface area contributed by atoms with Gasteiger partial charge in [0.25, 0.3) is 0 Å². The van der Waals surface area contributed by atoms with Crippen LogP contribution >= 0.6 is 27.5 Å². The van der Waals surface area contributed by atoms with Gasteiger partial charge >= 0.3 is 0 Å². The maximum absolute atomic E-state index is 6.06. The van der Waals surface area contributed by atoms with Crippen LogP contribution in [0.1, 0.15) is 23.6 Å². The molecule has 0 fully saturated rings. The van der Waals surface area contributed by atoms with Gasteiger partial charge in [-0.25, -0.2) is 0 Å². The van der Waals surface area contributed by atoms with Crippen LogP contribution in [0.25, 0.3) is 0 Å². The van der Waals surface area contributed by atoms with Crippen molar-refractivity contribution in [2.24, 2.45) is 5.10 Å². The van der Waals surface area contributed by atoms with Crippen LogP contribution in [-0.2, 0) is 0 Å². The summed E-state index contributed by atoms with van der Waals surface area (Å²) in [7, 11) is 0. The predicted molar refractivity (Wildman–Crippen MR) is 108 cm³/mol. The van der Waals surface area contributed by atoms with Crippen LogP contribution in [0.5, 0.6) is 0 Å². The van der Waals surface area contributed by atoms with Crippen LogP contribution in [0.3, 0.4) is 0 Å². The zero-order valence-corrected chi connectivity index (χ0v) is 15.8. The fourth-order valence-electron chi connectivity index (χ4n) is 3.09. The molecule has 0 spiro atoms. The number of rotatable bonds is 3. The first-order valence-electron chi connectivity index (χ1n) is 8.14. The molecule has 1 atom stereocenters. The first kappa shape index (κ1) is 16.4. The SMILES string of the molecule is Clc1ccc([C@H]2CC(c3ccc(Br)cc3)=NN2c2ccccc2)cc1. The molecule has 1 aliphatic heterocycles. The average Bonchev–Trinajstić information content (AvgIpc) is 3.09. The van der Waals surface area contributed by atoms with E-state index in [4.69, 9.17) is 16.7 Å². The lowest BCUT2D eigenvalue weighted by Gasteiger charge is -2.24. The molecule has 3 aromatic rings. The van der Waals surface area contributed by atoms with Gasteiger partial charge in [-0.15, -0.1) is 0 Å². The monoisotopic (exact) mass is 410 g/mol. The molecule has 0 bridgehead atoms. The molecule has 0 unspecified atom stereocenters. The molecule has 4 rings (SSSR count). The summed E-state index contributed by atoms with van der Waals surface area (Å²) < 4.78 is 1.07. The minimum atomic E-state index is 0.165. The summed E-state index contributed by atoms with van der Waals surface area (Å²) in [6.45, 7) is 0. The Morgan fingerprint density at radius 2 is 1.56 bits per heavy atom. The number of anilines is 1. The maximum atomic E-state index is 6.06. The molecule has 1 heterocycles. The van der Waals surface area contributed by atoms with Crippen LogP contribution in [-0.4, -0.2) is 5.71 Å². The number of benzene rings is 3. The molecule has 0 saturated heterocycles. The third-order valence-corrected chi connectivity index (χ3v) is 5.14. The van der Waals surface area contributed by atoms with Crippen molar-refractivity contribution in [1.29, 1.82) is 0 Å². The van der Waals surface area contributed by atoms with Crippen molar-refractivity contribution in [2.75, 3.05) is 5.01 Å². The van der Waals surface area contributed by atoms with Gasteiger partial charge in [-0.1, -0.05) is 70.0 Å². The average molecular weight is 412 g/mol. The van der Waals surface area contributed by atoms with E-state index >= 15 is 0 Å². The van der Waals surface area contributed by atoms with Gasteiger partial charge in [0, 0.05) is 15.9 Å². The quantitative estimate of drug-likeness (QED) is 0.483.